The highest BCUT2D eigenvalue weighted by Crippen LogP contribution is 2.34. The summed E-state index contributed by atoms with van der Waals surface area (Å²) in [5, 5.41) is 0. The lowest BCUT2D eigenvalue weighted by molar-refractivity contribution is 0.0847. The smallest absolute Gasteiger partial charge is 0.166 e. The lowest BCUT2D eigenvalue weighted by atomic mass is 9.75. The van der Waals surface area contributed by atoms with Gasteiger partial charge in [-0.25, -0.2) is 0 Å². The van der Waals surface area contributed by atoms with Crippen LogP contribution in [0.15, 0.2) is 42.5 Å². The van der Waals surface area contributed by atoms with Crippen molar-refractivity contribution in [2.75, 3.05) is 0 Å². The third-order valence-corrected chi connectivity index (χ3v) is 3.48. The quantitative estimate of drug-likeness (QED) is 0.419. The van der Waals surface area contributed by atoms with Crippen LogP contribution < -0.4 is 0 Å². The van der Waals surface area contributed by atoms with Crippen LogP contribution in [-0.2, 0) is 0 Å². The second kappa shape index (κ2) is 9.20. The van der Waals surface area contributed by atoms with Gasteiger partial charge in [0.15, 0.2) is 5.78 Å². The summed E-state index contributed by atoms with van der Waals surface area (Å²) in [6.07, 6.45) is -36.0. The van der Waals surface area contributed by atoms with E-state index in [1.807, 2.05) is 0 Å². The minimum absolute atomic E-state index is 0.250. The fourth-order valence-electron chi connectivity index (χ4n) is 2.30. The van der Waals surface area contributed by atoms with Gasteiger partial charge in [-0.15, -0.1) is 0 Å². The normalized spacial score (nSPS) is 68.7. The maximum absolute atomic E-state index is 13.9. The van der Waals surface area contributed by atoms with Crippen LogP contribution in [0.4, 0.5) is 0 Å². The fourth-order valence-corrected chi connectivity index (χ4v) is 2.30. The summed E-state index contributed by atoms with van der Waals surface area (Å²) < 4.78 is 175. The predicted octanol–water partition coefficient (Wildman–Crippen LogP) is 6.59. The highest BCUT2D eigenvalue weighted by atomic mass is 16.1. The SMILES string of the molecule is [2H]C(=CCC(C(=O)c1ccccc1)C1([2H])C([2H])C([2H])([2H])C([2H])([2H])C([2H])([2H])C1([2H])[2H])C1([2H])C([2H])C([2H])([2H])C([2H])([2H])C([2H])([2H])C1([2H])[2H]. The topological polar surface area (TPSA) is 17.1 Å². The summed E-state index contributed by atoms with van der Waals surface area (Å²) in [6, 6.07) is 5.21. The first-order valence-corrected chi connectivity index (χ1v) is 7.45. The third kappa shape index (κ3) is 4.82. The number of carbonyl (C=O) groups excluding carboxylic acids is 1. The number of carbonyl (C=O) groups is 1. The summed E-state index contributed by atoms with van der Waals surface area (Å²) in [5.41, 5.74) is -0.250. The van der Waals surface area contributed by atoms with Crippen LogP contribution in [0.5, 0.6) is 0 Å². The predicted molar refractivity (Wildman–Crippen MR) is 101 cm³/mol. The Morgan fingerprint density at radius 2 is 1.88 bits per heavy atom. The monoisotopic (exact) mass is 345 g/mol. The van der Waals surface area contributed by atoms with Gasteiger partial charge in [0.25, 0.3) is 0 Å². The Kier molecular flexibility index (Phi) is 1.95. The molecule has 0 N–H and O–H groups in total. The van der Waals surface area contributed by atoms with Gasteiger partial charge < -0.3 is 0 Å². The molecule has 24 heavy (non-hydrogen) atoms. The Bertz CT molecular complexity index is 1350. The molecule has 0 spiro atoms. The van der Waals surface area contributed by atoms with Gasteiger partial charge in [-0.1, -0.05) is 80.7 Å². The molecule has 130 valence electrons. The van der Waals surface area contributed by atoms with E-state index in [4.69, 9.17) is 28.8 Å². The molecule has 5 unspecified atom stereocenters. The second-order valence-corrected chi connectivity index (χ2v) is 5.06. The molecule has 0 aliphatic heterocycles. The van der Waals surface area contributed by atoms with Crippen LogP contribution in [0.1, 0.15) is 109 Å². The van der Waals surface area contributed by atoms with Gasteiger partial charge in [-0.3, -0.25) is 4.79 Å². The minimum atomic E-state index is -3.84. The summed E-state index contributed by atoms with van der Waals surface area (Å²) in [7, 11) is 0. The van der Waals surface area contributed by atoms with Crippen LogP contribution >= 0.6 is 0 Å². The van der Waals surface area contributed by atoms with Crippen molar-refractivity contribution in [3.8, 4) is 0 Å². The number of rotatable bonds is 6. The Labute approximate surface area is 177 Å². The van der Waals surface area contributed by atoms with Gasteiger partial charge in [0.05, 0.1) is 1.37 Å². The van der Waals surface area contributed by atoms with E-state index in [1.54, 1.807) is 0 Å². The van der Waals surface area contributed by atoms with Crippen LogP contribution in [0.2, 0.25) is 0 Å². The molecule has 1 heteroatoms. The summed E-state index contributed by atoms with van der Waals surface area (Å²) in [6.45, 7) is 0. The molecule has 0 amide bonds. The number of ketones is 1. The van der Waals surface area contributed by atoms with Gasteiger partial charge in [0.2, 0.25) is 0 Å². The van der Waals surface area contributed by atoms with E-state index in [2.05, 4.69) is 0 Å². The summed E-state index contributed by atoms with van der Waals surface area (Å²) >= 11 is 0. The Morgan fingerprint density at radius 3 is 2.71 bits per heavy atom. The van der Waals surface area contributed by atoms with Crippen molar-refractivity contribution in [2.45, 2.75) is 70.2 Å². The molecule has 2 fully saturated rings. The zero-order valence-corrected chi connectivity index (χ0v) is 12.8. The van der Waals surface area contributed by atoms with Crippen molar-refractivity contribution in [3.63, 3.8) is 0 Å². The molecule has 0 heterocycles. The van der Waals surface area contributed by atoms with Crippen LogP contribution in [-0.4, -0.2) is 5.78 Å². The van der Waals surface area contributed by atoms with Crippen molar-refractivity contribution in [3.05, 3.63) is 48.0 Å². The van der Waals surface area contributed by atoms with E-state index >= 15 is 0 Å². The zero-order chi connectivity index (χ0) is 35.4. The van der Waals surface area contributed by atoms with E-state index in [0.29, 0.717) is 6.08 Å². The van der Waals surface area contributed by atoms with Crippen molar-refractivity contribution < 1.29 is 33.6 Å². The van der Waals surface area contributed by atoms with E-state index in [1.165, 1.54) is 30.3 Å². The molecule has 1 aromatic carbocycles. The number of benzene rings is 1. The van der Waals surface area contributed by atoms with E-state index in [9.17, 15) is 4.79 Å². The van der Waals surface area contributed by atoms with Crippen molar-refractivity contribution >= 4 is 5.78 Å². The van der Waals surface area contributed by atoms with Crippen LogP contribution in [0, 0.1) is 17.7 Å². The van der Waals surface area contributed by atoms with Gasteiger partial charge in [-0.2, -0.15) is 0 Å². The Morgan fingerprint density at radius 1 is 1.12 bits per heavy atom. The van der Waals surface area contributed by atoms with Crippen molar-refractivity contribution in [1.82, 2.24) is 0 Å². The molecule has 5 atom stereocenters. The molecule has 0 aromatic heterocycles. The average molecular weight is 346 g/mol. The van der Waals surface area contributed by atoms with Gasteiger partial charge in [-0.05, 0) is 43.7 Å². The first-order chi connectivity index (χ1) is 19.8. The van der Waals surface area contributed by atoms with Crippen molar-refractivity contribution in [1.29, 1.82) is 0 Å². The highest BCUT2D eigenvalue weighted by molar-refractivity contribution is 5.98. The highest BCUT2D eigenvalue weighted by Gasteiger charge is 2.29. The molecule has 1 nitrogen and oxygen atoms in total. The number of Topliss-reactive ketones (excluding diaryl/α,β-unsaturated/α-hetero) is 1. The molecule has 3 rings (SSSR count). The number of allylic oxidation sites excluding steroid dienone is 2. The molecule has 0 radical (unpaired) electrons. The first kappa shape index (κ1) is 5.09. The maximum atomic E-state index is 13.9. The number of hydrogen-bond acceptors (Lipinski definition) is 1. The van der Waals surface area contributed by atoms with Gasteiger partial charge in [0.1, 0.15) is 0 Å². The summed E-state index contributed by atoms with van der Waals surface area (Å²) in [5.74, 6) is -10.5. The average Bonchev–Trinajstić information content (AvgIpc) is 2.93. The first-order valence-electron chi connectivity index (χ1n) is 18.1. The summed E-state index contributed by atoms with van der Waals surface area (Å²) in [4.78, 5) is 13.9. The van der Waals surface area contributed by atoms with Gasteiger partial charge >= 0.3 is 0 Å². The lowest BCUT2D eigenvalue weighted by Gasteiger charge is -2.29. The third-order valence-electron chi connectivity index (χ3n) is 3.48. The molecule has 0 bridgehead atoms. The molecule has 2 saturated carbocycles. The molecular weight excluding hydrogens is 292 g/mol. The maximum Gasteiger partial charge on any atom is 0.166 e. The molecule has 0 saturated heterocycles. The number of hydrogen-bond donors (Lipinski definition) is 0. The minimum Gasteiger partial charge on any atom is -0.294 e. The van der Waals surface area contributed by atoms with E-state index in [-0.39, 0.29) is 5.56 Å². The Hall–Kier alpha value is -1.37. The standard InChI is InChI=1S/C23H32O/c24-23(21-16-8-3-9-17-21)22(20-14-6-2-7-15-20)18-10-13-19-11-4-1-5-12-19/h3,8-10,13,16-17,19-20,22H,1-2,4-7,11-12,14-15,18H2/i1D2,2D2,4D2,5D2,6D2,7D2,11D,12D2,13D,14D,15D2,19D,20D. The largest absolute Gasteiger partial charge is 0.294 e. The molecule has 2 aliphatic carbocycles. The van der Waals surface area contributed by atoms with Gasteiger partial charge in [0, 0.05) is 38.9 Å². The fraction of sp³-hybridized carbons (Fsp3) is 0.609. The second-order valence-electron chi connectivity index (χ2n) is 5.06. The van der Waals surface area contributed by atoms with Crippen LogP contribution in [0.25, 0.3) is 0 Å². The Balaban J connectivity index is 2.31. The van der Waals surface area contributed by atoms with E-state index < -0.39 is 99.7 Å². The molecule has 2 aliphatic rings. The van der Waals surface area contributed by atoms with E-state index in [0.717, 1.165) is 0 Å². The van der Waals surface area contributed by atoms with Crippen molar-refractivity contribution in [2.24, 2.45) is 17.7 Å². The molecular formula is C23H32O. The lowest BCUT2D eigenvalue weighted by Crippen LogP contribution is -2.25. The van der Waals surface area contributed by atoms with Crippen LogP contribution in [0.3, 0.4) is 0 Å². The zero-order valence-electron chi connectivity index (χ0n) is 33.8. The molecule has 1 aromatic rings.